The summed E-state index contributed by atoms with van der Waals surface area (Å²) in [5, 5.41) is 3.59. The fraction of sp³-hybridized carbons (Fsp3) is 0.400. The Hall–Kier alpha value is -1.65. The van der Waals surface area contributed by atoms with E-state index in [2.05, 4.69) is 41.5 Å². The van der Waals surface area contributed by atoms with Gasteiger partial charge in [0, 0.05) is 25.0 Å². The first-order valence-electron chi connectivity index (χ1n) is 6.72. The van der Waals surface area contributed by atoms with Crippen LogP contribution in [0.5, 0.6) is 0 Å². The van der Waals surface area contributed by atoms with Gasteiger partial charge in [0.05, 0.1) is 25.2 Å². The molecule has 1 aromatic carbocycles. The molecule has 1 fully saturated rings. The quantitative estimate of drug-likeness (QED) is 0.910. The van der Waals surface area contributed by atoms with Gasteiger partial charge in [-0.15, -0.1) is 0 Å². The third-order valence-electron chi connectivity index (χ3n) is 3.69. The van der Waals surface area contributed by atoms with Crippen LogP contribution in [0, 0.1) is 5.92 Å². The lowest BCUT2D eigenvalue weighted by Gasteiger charge is -2.17. The van der Waals surface area contributed by atoms with Crippen molar-refractivity contribution in [1.29, 1.82) is 0 Å². The van der Waals surface area contributed by atoms with Gasteiger partial charge in [0.25, 0.3) is 0 Å². The average molecular weight is 257 g/mol. The normalized spacial score (nSPS) is 22.8. The molecule has 4 heteroatoms. The summed E-state index contributed by atoms with van der Waals surface area (Å²) < 4.78 is 7.53. The number of para-hydroxylation sites is 1. The second-order valence-corrected chi connectivity index (χ2v) is 5.10. The Morgan fingerprint density at radius 2 is 2.26 bits per heavy atom. The summed E-state index contributed by atoms with van der Waals surface area (Å²) in [5.41, 5.74) is 2.46. The lowest BCUT2D eigenvalue weighted by Crippen LogP contribution is -2.34. The molecular formula is C15H19N3O. The van der Waals surface area contributed by atoms with Gasteiger partial charge in [0.15, 0.2) is 0 Å². The summed E-state index contributed by atoms with van der Waals surface area (Å²) in [6.07, 6.45) is 5.61. The molecule has 0 saturated carbocycles. The second kappa shape index (κ2) is 5.55. The van der Waals surface area contributed by atoms with Crippen LogP contribution in [-0.2, 0) is 11.3 Å². The van der Waals surface area contributed by atoms with E-state index in [1.807, 2.05) is 17.1 Å². The highest BCUT2D eigenvalue weighted by atomic mass is 16.5. The molecule has 2 aromatic rings. The van der Waals surface area contributed by atoms with E-state index in [4.69, 9.17) is 4.74 Å². The molecule has 0 bridgehead atoms. The Labute approximate surface area is 113 Å². The van der Waals surface area contributed by atoms with Crippen molar-refractivity contribution < 1.29 is 4.74 Å². The minimum absolute atomic E-state index is 0.454. The lowest BCUT2D eigenvalue weighted by atomic mass is 10.1. The molecular weight excluding hydrogens is 238 g/mol. The SMILES string of the molecule is CC1COCC1NCc1ccccc1-n1ccnc1. The summed E-state index contributed by atoms with van der Waals surface area (Å²) in [6.45, 7) is 4.76. The highest BCUT2D eigenvalue weighted by Gasteiger charge is 2.23. The first-order valence-corrected chi connectivity index (χ1v) is 6.72. The Kier molecular flexibility index (Phi) is 3.62. The molecule has 0 radical (unpaired) electrons. The summed E-state index contributed by atoms with van der Waals surface area (Å²) in [4.78, 5) is 4.11. The van der Waals surface area contributed by atoms with Crippen molar-refractivity contribution in [2.75, 3.05) is 13.2 Å². The van der Waals surface area contributed by atoms with Gasteiger partial charge in [0.1, 0.15) is 0 Å². The number of benzene rings is 1. The maximum atomic E-state index is 5.48. The molecule has 2 unspecified atom stereocenters. The largest absolute Gasteiger partial charge is 0.379 e. The maximum Gasteiger partial charge on any atom is 0.0991 e. The first-order chi connectivity index (χ1) is 9.34. The Bertz CT molecular complexity index is 524. The minimum Gasteiger partial charge on any atom is -0.379 e. The number of aromatic nitrogens is 2. The van der Waals surface area contributed by atoms with E-state index in [1.54, 1.807) is 6.20 Å². The number of nitrogens with one attached hydrogen (secondary N) is 1. The molecule has 1 aliphatic rings. The van der Waals surface area contributed by atoms with Crippen molar-refractivity contribution >= 4 is 0 Å². The molecule has 2 heterocycles. The molecule has 1 N–H and O–H groups in total. The number of ether oxygens (including phenoxy) is 1. The molecule has 1 aliphatic heterocycles. The van der Waals surface area contributed by atoms with Gasteiger partial charge >= 0.3 is 0 Å². The number of rotatable bonds is 4. The van der Waals surface area contributed by atoms with Crippen molar-refractivity contribution in [3.8, 4) is 5.69 Å². The third-order valence-corrected chi connectivity index (χ3v) is 3.69. The van der Waals surface area contributed by atoms with Gasteiger partial charge in [-0.2, -0.15) is 0 Å². The highest BCUT2D eigenvalue weighted by Crippen LogP contribution is 2.16. The number of hydrogen-bond donors (Lipinski definition) is 1. The molecule has 4 nitrogen and oxygen atoms in total. The van der Waals surface area contributed by atoms with E-state index in [1.165, 1.54) is 11.3 Å². The van der Waals surface area contributed by atoms with Crippen LogP contribution in [-0.4, -0.2) is 28.8 Å². The first kappa shape index (κ1) is 12.4. The molecule has 0 aliphatic carbocycles. The van der Waals surface area contributed by atoms with Crippen LogP contribution in [0.1, 0.15) is 12.5 Å². The van der Waals surface area contributed by atoms with Gasteiger partial charge in [-0.25, -0.2) is 4.98 Å². The van der Waals surface area contributed by atoms with Crippen molar-refractivity contribution in [1.82, 2.24) is 14.9 Å². The van der Waals surface area contributed by atoms with Crippen molar-refractivity contribution in [3.63, 3.8) is 0 Å². The van der Waals surface area contributed by atoms with E-state index >= 15 is 0 Å². The predicted octanol–water partition coefficient (Wildman–Crippen LogP) is 2.00. The molecule has 100 valence electrons. The molecule has 2 atom stereocenters. The Morgan fingerprint density at radius 3 is 3.00 bits per heavy atom. The summed E-state index contributed by atoms with van der Waals surface area (Å²) in [5.74, 6) is 0.584. The zero-order valence-corrected chi connectivity index (χ0v) is 11.1. The summed E-state index contributed by atoms with van der Waals surface area (Å²) >= 11 is 0. The number of hydrogen-bond acceptors (Lipinski definition) is 3. The van der Waals surface area contributed by atoms with Crippen molar-refractivity contribution in [2.24, 2.45) is 5.92 Å². The molecule has 0 amide bonds. The van der Waals surface area contributed by atoms with Gasteiger partial charge in [-0.1, -0.05) is 25.1 Å². The molecule has 19 heavy (non-hydrogen) atoms. The van der Waals surface area contributed by atoms with Crippen LogP contribution in [0.3, 0.4) is 0 Å². The lowest BCUT2D eigenvalue weighted by molar-refractivity contribution is 0.184. The summed E-state index contributed by atoms with van der Waals surface area (Å²) in [6, 6.07) is 8.86. The average Bonchev–Trinajstić information content (AvgIpc) is 3.08. The van der Waals surface area contributed by atoms with Gasteiger partial charge in [-0.3, -0.25) is 0 Å². The fourth-order valence-corrected chi connectivity index (χ4v) is 2.48. The van der Waals surface area contributed by atoms with Crippen LogP contribution in [0.25, 0.3) is 5.69 Å². The second-order valence-electron chi connectivity index (χ2n) is 5.10. The van der Waals surface area contributed by atoms with Crippen LogP contribution < -0.4 is 5.32 Å². The summed E-state index contributed by atoms with van der Waals surface area (Å²) in [7, 11) is 0. The number of imidazole rings is 1. The van der Waals surface area contributed by atoms with Crippen LogP contribution in [0.2, 0.25) is 0 Å². The molecule has 1 aromatic heterocycles. The van der Waals surface area contributed by atoms with Gasteiger partial charge in [-0.05, 0) is 17.5 Å². The smallest absolute Gasteiger partial charge is 0.0991 e. The van der Waals surface area contributed by atoms with Gasteiger partial charge in [0.2, 0.25) is 0 Å². The fourth-order valence-electron chi connectivity index (χ4n) is 2.48. The van der Waals surface area contributed by atoms with Crippen molar-refractivity contribution in [3.05, 3.63) is 48.5 Å². The molecule has 0 spiro atoms. The van der Waals surface area contributed by atoms with Crippen molar-refractivity contribution in [2.45, 2.75) is 19.5 Å². The zero-order valence-electron chi connectivity index (χ0n) is 11.1. The van der Waals surface area contributed by atoms with Crippen LogP contribution in [0.15, 0.2) is 43.0 Å². The Balaban J connectivity index is 1.74. The van der Waals surface area contributed by atoms with E-state index in [9.17, 15) is 0 Å². The van der Waals surface area contributed by atoms with E-state index in [0.717, 1.165) is 19.8 Å². The van der Waals surface area contributed by atoms with Crippen LogP contribution >= 0.6 is 0 Å². The van der Waals surface area contributed by atoms with E-state index < -0.39 is 0 Å². The molecule has 1 saturated heterocycles. The zero-order chi connectivity index (χ0) is 13.1. The van der Waals surface area contributed by atoms with E-state index in [0.29, 0.717) is 12.0 Å². The van der Waals surface area contributed by atoms with Crippen LogP contribution in [0.4, 0.5) is 0 Å². The topological polar surface area (TPSA) is 39.1 Å². The third kappa shape index (κ3) is 2.69. The molecule has 3 rings (SSSR count). The van der Waals surface area contributed by atoms with E-state index in [-0.39, 0.29) is 0 Å². The minimum atomic E-state index is 0.454. The Morgan fingerprint density at radius 1 is 1.37 bits per heavy atom. The highest BCUT2D eigenvalue weighted by molar-refractivity contribution is 5.40. The standard InChI is InChI=1S/C15H19N3O/c1-12-9-19-10-14(12)17-8-13-4-2-3-5-15(13)18-7-6-16-11-18/h2-7,11-12,14,17H,8-10H2,1H3. The number of nitrogens with zero attached hydrogens (tertiary/aromatic N) is 2. The monoisotopic (exact) mass is 257 g/mol. The maximum absolute atomic E-state index is 5.48. The van der Waals surface area contributed by atoms with Gasteiger partial charge < -0.3 is 14.6 Å². The predicted molar refractivity (Wildman–Crippen MR) is 74.2 cm³/mol.